The van der Waals surface area contributed by atoms with Gasteiger partial charge in [-0.2, -0.15) is 9.41 Å². The van der Waals surface area contributed by atoms with Gasteiger partial charge in [-0.05, 0) is 49.4 Å². The van der Waals surface area contributed by atoms with Gasteiger partial charge in [0.2, 0.25) is 10.0 Å². The number of carbonyl (C=O) groups is 1. The second kappa shape index (κ2) is 9.33. The number of fused-ring (bicyclic) bond motifs is 1. The van der Waals surface area contributed by atoms with E-state index in [0.29, 0.717) is 13.1 Å². The summed E-state index contributed by atoms with van der Waals surface area (Å²) in [6.45, 7) is 4.33. The van der Waals surface area contributed by atoms with E-state index in [2.05, 4.69) is 16.6 Å². The molecule has 1 aliphatic carbocycles. The zero-order valence-electron chi connectivity index (χ0n) is 16.9. The molecule has 2 aromatic rings. The Morgan fingerprint density at radius 3 is 2.52 bits per heavy atom. The minimum atomic E-state index is -3.62. The summed E-state index contributed by atoms with van der Waals surface area (Å²) in [5, 5.41) is 4.38. The molecule has 0 saturated heterocycles. The normalized spacial score (nSPS) is 15.8. The molecule has 3 rings (SSSR count). The van der Waals surface area contributed by atoms with E-state index < -0.39 is 15.9 Å². The van der Waals surface area contributed by atoms with Gasteiger partial charge in [-0.1, -0.05) is 44.2 Å². The highest BCUT2D eigenvalue weighted by Crippen LogP contribution is 2.21. The summed E-state index contributed by atoms with van der Waals surface area (Å²) in [6, 6.07) is 14.2. The fourth-order valence-electron chi connectivity index (χ4n) is 3.57. The van der Waals surface area contributed by atoms with Crippen LogP contribution in [0.1, 0.15) is 54.6 Å². The van der Waals surface area contributed by atoms with E-state index in [0.717, 1.165) is 37.0 Å². The third-order valence-electron chi connectivity index (χ3n) is 5.17. The van der Waals surface area contributed by atoms with Crippen molar-refractivity contribution in [2.45, 2.75) is 44.4 Å². The molecule has 0 heterocycles. The first-order valence-corrected chi connectivity index (χ1v) is 11.5. The zero-order chi connectivity index (χ0) is 20.9. The maximum atomic E-state index is 12.7. The van der Waals surface area contributed by atoms with Crippen LogP contribution in [0.4, 0.5) is 0 Å². The molecule has 0 aromatic heterocycles. The number of nitrogens with one attached hydrogen (secondary N) is 1. The molecule has 0 fully saturated rings. The van der Waals surface area contributed by atoms with Crippen molar-refractivity contribution in [3.05, 3.63) is 65.2 Å². The summed E-state index contributed by atoms with van der Waals surface area (Å²) in [5.74, 6) is -0.421. The van der Waals surface area contributed by atoms with Gasteiger partial charge < -0.3 is 0 Å². The second-order valence-electron chi connectivity index (χ2n) is 6.98. The van der Waals surface area contributed by atoms with Gasteiger partial charge in [0.15, 0.2) is 0 Å². The molecule has 0 bridgehead atoms. The highest BCUT2D eigenvalue weighted by atomic mass is 32.2. The maximum absolute atomic E-state index is 12.7. The number of carbonyl (C=O) groups excluding carboxylic acids is 1. The van der Waals surface area contributed by atoms with Gasteiger partial charge in [0.25, 0.3) is 5.91 Å². The van der Waals surface area contributed by atoms with E-state index in [1.54, 1.807) is 26.0 Å². The van der Waals surface area contributed by atoms with Crippen molar-refractivity contribution < 1.29 is 13.2 Å². The smallest absolute Gasteiger partial charge is 0.267 e. The highest BCUT2D eigenvalue weighted by molar-refractivity contribution is 7.89. The second-order valence-corrected chi connectivity index (χ2v) is 8.92. The first-order valence-electron chi connectivity index (χ1n) is 10.0. The third-order valence-corrected chi connectivity index (χ3v) is 7.22. The lowest BCUT2D eigenvalue weighted by atomic mass is 10.0. The van der Waals surface area contributed by atoms with E-state index in [-0.39, 0.29) is 10.5 Å². The summed E-state index contributed by atoms with van der Waals surface area (Å²) in [4.78, 5) is 12.8. The minimum absolute atomic E-state index is 0.112. The number of benzene rings is 2. The molecular weight excluding hydrogens is 386 g/mol. The molecule has 0 unspecified atom stereocenters. The summed E-state index contributed by atoms with van der Waals surface area (Å²) in [5.41, 5.74) is 6.05. The fourth-order valence-corrected chi connectivity index (χ4v) is 5.08. The van der Waals surface area contributed by atoms with Gasteiger partial charge in [0.1, 0.15) is 0 Å². The Bertz CT molecular complexity index is 1010. The monoisotopic (exact) mass is 413 g/mol. The van der Waals surface area contributed by atoms with Crippen molar-refractivity contribution in [3.63, 3.8) is 0 Å². The van der Waals surface area contributed by atoms with Gasteiger partial charge in [0, 0.05) is 24.2 Å². The van der Waals surface area contributed by atoms with Gasteiger partial charge >= 0.3 is 0 Å². The molecule has 1 amide bonds. The Kier molecular flexibility index (Phi) is 6.82. The molecule has 0 aliphatic heterocycles. The fraction of sp³-hybridized carbons (Fsp3) is 0.364. The van der Waals surface area contributed by atoms with Crippen molar-refractivity contribution in [3.8, 4) is 0 Å². The average molecular weight is 414 g/mol. The Labute approximate surface area is 172 Å². The first kappa shape index (κ1) is 21.2. The minimum Gasteiger partial charge on any atom is -0.267 e. The van der Waals surface area contributed by atoms with Crippen molar-refractivity contribution in [2.24, 2.45) is 5.10 Å². The molecule has 0 saturated carbocycles. The van der Waals surface area contributed by atoms with Crippen LogP contribution in [-0.4, -0.2) is 37.4 Å². The van der Waals surface area contributed by atoms with Crippen LogP contribution in [0.3, 0.4) is 0 Å². The van der Waals surface area contributed by atoms with Crippen molar-refractivity contribution >= 4 is 21.6 Å². The van der Waals surface area contributed by atoms with Crippen LogP contribution in [0.2, 0.25) is 0 Å². The number of hydrogen-bond acceptors (Lipinski definition) is 4. The lowest BCUT2D eigenvalue weighted by Gasteiger charge is -2.18. The number of nitrogens with zero attached hydrogens (tertiary/aromatic N) is 2. The van der Waals surface area contributed by atoms with E-state index in [1.165, 1.54) is 22.0 Å². The summed E-state index contributed by atoms with van der Waals surface area (Å²) >= 11 is 0. The van der Waals surface area contributed by atoms with Gasteiger partial charge in [-0.25, -0.2) is 13.8 Å². The molecule has 0 atom stereocenters. The van der Waals surface area contributed by atoms with Gasteiger partial charge in [-0.15, -0.1) is 0 Å². The molecule has 2 aromatic carbocycles. The Hall–Kier alpha value is -2.51. The summed E-state index contributed by atoms with van der Waals surface area (Å²) < 4.78 is 26.8. The highest BCUT2D eigenvalue weighted by Gasteiger charge is 2.22. The van der Waals surface area contributed by atoms with Crippen LogP contribution < -0.4 is 5.43 Å². The van der Waals surface area contributed by atoms with Crippen LogP contribution in [0.25, 0.3) is 0 Å². The SMILES string of the molecule is CCN(CC)S(=O)(=O)c1cccc(C(=O)N/N=C2\CCCCc3ccccc32)c1. The molecule has 154 valence electrons. The number of aryl methyl sites for hydroxylation is 1. The number of amides is 1. The number of sulfonamides is 1. The topological polar surface area (TPSA) is 78.8 Å². The number of hydrogen-bond donors (Lipinski definition) is 1. The van der Waals surface area contributed by atoms with Crippen molar-refractivity contribution in [2.75, 3.05) is 13.1 Å². The van der Waals surface area contributed by atoms with Crippen LogP contribution in [0, 0.1) is 0 Å². The molecule has 7 heteroatoms. The van der Waals surface area contributed by atoms with Gasteiger partial charge in [-0.3, -0.25) is 4.79 Å². The predicted molar refractivity (Wildman–Crippen MR) is 115 cm³/mol. The lowest BCUT2D eigenvalue weighted by Crippen LogP contribution is -2.31. The Morgan fingerprint density at radius 2 is 1.76 bits per heavy atom. The summed E-state index contributed by atoms with van der Waals surface area (Å²) in [6.07, 6.45) is 3.91. The Morgan fingerprint density at radius 1 is 1.03 bits per heavy atom. The quantitative estimate of drug-likeness (QED) is 0.581. The van der Waals surface area contributed by atoms with E-state index >= 15 is 0 Å². The van der Waals surface area contributed by atoms with Crippen LogP contribution >= 0.6 is 0 Å². The summed E-state index contributed by atoms with van der Waals surface area (Å²) in [7, 11) is -3.62. The largest absolute Gasteiger partial charge is 0.271 e. The predicted octanol–water partition coefficient (Wildman–Crippen LogP) is 3.58. The lowest BCUT2D eigenvalue weighted by molar-refractivity contribution is 0.0954. The molecule has 0 radical (unpaired) electrons. The van der Waals surface area contributed by atoms with Crippen molar-refractivity contribution in [1.82, 2.24) is 9.73 Å². The van der Waals surface area contributed by atoms with E-state index in [1.807, 2.05) is 18.2 Å². The maximum Gasteiger partial charge on any atom is 0.271 e. The van der Waals surface area contributed by atoms with Crippen LogP contribution in [0.15, 0.2) is 58.5 Å². The Balaban J connectivity index is 1.83. The molecule has 29 heavy (non-hydrogen) atoms. The third kappa shape index (κ3) is 4.74. The van der Waals surface area contributed by atoms with Gasteiger partial charge in [0.05, 0.1) is 10.6 Å². The van der Waals surface area contributed by atoms with Crippen molar-refractivity contribution in [1.29, 1.82) is 0 Å². The average Bonchev–Trinajstić information content (AvgIpc) is 2.95. The zero-order valence-corrected chi connectivity index (χ0v) is 17.7. The van der Waals surface area contributed by atoms with Crippen LogP contribution in [-0.2, 0) is 16.4 Å². The number of hydrazone groups is 1. The number of rotatable bonds is 6. The standard InChI is InChI=1S/C22H27N3O3S/c1-3-25(4-2)29(27,28)19-13-9-12-18(16-19)22(26)24-23-21-15-8-6-11-17-10-5-7-14-20(17)21/h5,7,9-10,12-14,16H,3-4,6,8,11,15H2,1-2H3,(H,24,26)/b23-21+. The molecule has 6 nitrogen and oxygen atoms in total. The molecule has 1 aliphatic rings. The van der Waals surface area contributed by atoms with E-state index in [9.17, 15) is 13.2 Å². The van der Waals surface area contributed by atoms with E-state index in [4.69, 9.17) is 0 Å². The first-order chi connectivity index (χ1) is 14.0. The molecule has 1 N–H and O–H groups in total. The molecule has 0 spiro atoms. The van der Waals surface area contributed by atoms with Crippen LogP contribution in [0.5, 0.6) is 0 Å². The molecular formula is C22H27N3O3S.